The zero-order valence-corrected chi connectivity index (χ0v) is 10.9. The highest BCUT2D eigenvalue weighted by Crippen LogP contribution is 2.28. The summed E-state index contributed by atoms with van der Waals surface area (Å²) in [6.45, 7) is 4.80. The van der Waals surface area contributed by atoms with Crippen LogP contribution in [-0.2, 0) is 6.54 Å². The fourth-order valence-electron chi connectivity index (χ4n) is 1.73. The molecular weight excluding hydrogens is 270 g/mol. The largest absolute Gasteiger partial charge is 0.466 e. The van der Waals surface area contributed by atoms with Crippen molar-refractivity contribution in [1.29, 1.82) is 0 Å². The van der Waals surface area contributed by atoms with E-state index in [4.69, 9.17) is 10.2 Å². The minimum atomic E-state index is -0.287. The Bertz CT molecular complexity index is 489. The van der Waals surface area contributed by atoms with Crippen molar-refractivity contribution in [3.8, 4) is 0 Å². The Kier molecular flexibility index (Phi) is 3.16. The van der Waals surface area contributed by atoms with E-state index < -0.39 is 0 Å². The molecule has 1 unspecified atom stereocenters. The molecule has 2 aromatic rings. The van der Waals surface area contributed by atoms with Crippen molar-refractivity contribution >= 4 is 15.9 Å². The van der Waals surface area contributed by atoms with Gasteiger partial charge in [0.25, 0.3) is 0 Å². The van der Waals surface area contributed by atoms with Gasteiger partial charge >= 0.3 is 0 Å². The summed E-state index contributed by atoms with van der Waals surface area (Å²) in [6, 6.07) is 3.54. The number of hydrogen-bond donors (Lipinski definition) is 1. The van der Waals surface area contributed by atoms with Crippen molar-refractivity contribution < 1.29 is 4.42 Å². The lowest BCUT2D eigenvalue weighted by atomic mass is 10.1. The summed E-state index contributed by atoms with van der Waals surface area (Å²) in [5, 5.41) is 4.37. The molecule has 0 aliphatic rings. The molecule has 4 nitrogen and oxygen atoms in total. The molecule has 0 spiro atoms. The second-order valence-corrected chi connectivity index (χ2v) is 4.49. The predicted molar refractivity (Wildman–Crippen MR) is 65.1 cm³/mol. The Hall–Kier alpha value is -1.07. The van der Waals surface area contributed by atoms with Crippen molar-refractivity contribution in [2.75, 3.05) is 0 Å². The average molecular weight is 284 g/mol. The summed E-state index contributed by atoms with van der Waals surface area (Å²) < 4.78 is 8.16. The van der Waals surface area contributed by atoms with Crippen LogP contribution in [0.25, 0.3) is 0 Å². The van der Waals surface area contributed by atoms with Crippen LogP contribution in [0.15, 0.2) is 27.3 Å². The number of aromatic nitrogens is 2. The van der Waals surface area contributed by atoms with Gasteiger partial charge in [-0.3, -0.25) is 4.68 Å². The topological polar surface area (TPSA) is 57.0 Å². The molecule has 0 saturated carbocycles. The van der Waals surface area contributed by atoms with Crippen LogP contribution < -0.4 is 5.73 Å². The number of nitrogens with two attached hydrogens (primary N) is 1. The molecule has 0 aromatic carbocycles. The van der Waals surface area contributed by atoms with Crippen LogP contribution in [-0.4, -0.2) is 9.78 Å². The molecule has 2 N–H and O–H groups in total. The maximum Gasteiger partial charge on any atom is 0.140 e. The highest BCUT2D eigenvalue weighted by Gasteiger charge is 2.19. The first-order chi connectivity index (χ1) is 7.63. The first-order valence-electron chi connectivity index (χ1n) is 5.16. The van der Waals surface area contributed by atoms with Gasteiger partial charge in [-0.15, -0.1) is 0 Å². The van der Waals surface area contributed by atoms with E-state index in [0.29, 0.717) is 0 Å². The smallest absolute Gasteiger partial charge is 0.140 e. The number of aryl methyl sites for hydroxylation is 2. The molecule has 16 heavy (non-hydrogen) atoms. The van der Waals surface area contributed by atoms with E-state index in [2.05, 4.69) is 21.0 Å². The zero-order chi connectivity index (χ0) is 11.7. The van der Waals surface area contributed by atoms with Gasteiger partial charge in [0.05, 0.1) is 22.1 Å². The van der Waals surface area contributed by atoms with Gasteiger partial charge in [0, 0.05) is 6.54 Å². The normalized spacial score (nSPS) is 13.0. The van der Waals surface area contributed by atoms with Gasteiger partial charge in [0.2, 0.25) is 0 Å². The van der Waals surface area contributed by atoms with E-state index in [9.17, 15) is 0 Å². The van der Waals surface area contributed by atoms with E-state index in [1.807, 2.05) is 30.7 Å². The molecule has 0 amide bonds. The van der Waals surface area contributed by atoms with Crippen molar-refractivity contribution in [2.45, 2.75) is 26.4 Å². The summed E-state index contributed by atoms with van der Waals surface area (Å²) in [5.41, 5.74) is 8.10. The minimum Gasteiger partial charge on any atom is -0.466 e. The Morgan fingerprint density at radius 1 is 1.62 bits per heavy atom. The quantitative estimate of drug-likeness (QED) is 0.942. The molecule has 5 heteroatoms. The molecule has 0 saturated heterocycles. The number of furan rings is 1. The molecule has 0 aliphatic heterocycles. The van der Waals surface area contributed by atoms with E-state index in [-0.39, 0.29) is 6.04 Å². The molecule has 2 rings (SSSR count). The van der Waals surface area contributed by atoms with Gasteiger partial charge in [-0.25, -0.2) is 0 Å². The van der Waals surface area contributed by atoms with E-state index in [1.165, 1.54) is 0 Å². The van der Waals surface area contributed by atoms with Crippen molar-refractivity contribution in [3.05, 3.63) is 40.0 Å². The van der Waals surface area contributed by atoms with Gasteiger partial charge in [0.1, 0.15) is 11.8 Å². The summed E-state index contributed by atoms with van der Waals surface area (Å²) in [4.78, 5) is 0. The van der Waals surface area contributed by atoms with Crippen LogP contribution in [0.1, 0.15) is 30.1 Å². The van der Waals surface area contributed by atoms with Gasteiger partial charge in [0.15, 0.2) is 0 Å². The zero-order valence-electron chi connectivity index (χ0n) is 9.27. The van der Waals surface area contributed by atoms with Crippen LogP contribution in [0, 0.1) is 6.92 Å². The van der Waals surface area contributed by atoms with Crippen molar-refractivity contribution in [1.82, 2.24) is 9.78 Å². The second kappa shape index (κ2) is 4.43. The van der Waals surface area contributed by atoms with Crippen LogP contribution in [0.3, 0.4) is 0 Å². The Morgan fingerprint density at radius 2 is 2.38 bits per heavy atom. The maximum atomic E-state index is 6.17. The van der Waals surface area contributed by atoms with Crippen LogP contribution in [0.4, 0.5) is 0 Å². The van der Waals surface area contributed by atoms with E-state index in [1.54, 1.807) is 6.26 Å². The summed E-state index contributed by atoms with van der Waals surface area (Å²) in [5.74, 6) is 0.731. The summed E-state index contributed by atoms with van der Waals surface area (Å²) >= 11 is 3.41. The highest BCUT2D eigenvalue weighted by atomic mass is 79.9. The molecule has 86 valence electrons. The lowest BCUT2D eigenvalue weighted by molar-refractivity contribution is 0.470. The Balaban J connectivity index is 2.40. The first-order valence-corrected chi connectivity index (χ1v) is 5.95. The van der Waals surface area contributed by atoms with Crippen LogP contribution in [0.5, 0.6) is 0 Å². The third-order valence-corrected chi connectivity index (χ3v) is 3.13. The molecule has 2 heterocycles. The third-order valence-electron chi connectivity index (χ3n) is 2.48. The second-order valence-electron chi connectivity index (χ2n) is 3.64. The lowest BCUT2D eigenvalue weighted by Crippen LogP contribution is -2.16. The number of rotatable bonds is 3. The summed E-state index contributed by atoms with van der Waals surface area (Å²) in [7, 11) is 0. The number of halogens is 1. The number of nitrogens with zero attached hydrogens (tertiary/aromatic N) is 2. The van der Waals surface area contributed by atoms with Gasteiger partial charge in [-0.2, -0.15) is 5.10 Å². The molecular formula is C11H14BrN3O. The summed E-state index contributed by atoms with van der Waals surface area (Å²) in [6.07, 6.45) is 1.62. The fraction of sp³-hybridized carbons (Fsp3) is 0.364. The van der Waals surface area contributed by atoms with Gasteiger partial charge < -0.3 is 10.2 Å². The third kappa shape index (κ3) is 1.92. The molecule has 0 bridgehead atoms. The first kappa shape index (κ1) is 11.4. The van der Waals surface area contributed by atoms with Crippen LogP contribution >= 0.6 is 15.9 Å². The predicted octanol–water partition coefficient (Wildman–Crippen LogP) is 2.62. The molecule has 1 atom stereocenters. The average Bonchev–Trinajstić information content (AvgIpc) is 2.83. The maximum absolute atomic E-state index is 6.17. The van der Waals surface area contributed by atoms with Gasteiger partial charge in [-0.1, -0.05) is 0 Å². The van der Waals surface area contributed by atoms with Crippen molar-refractivity contribution in [3.63, 3.8) is 0 Å². The number of hydrogen-bond acceptors (Lipinski definition) is 3. The Morgan fingerprint density at radius 3 is 2.94 bits per heavy atom. The van der Waals surface area contributed by atoms with E-state index in [0.717, 1.165) is 28.2 Å². The molecule has 0 fully saturated rings. The highest BCUT2D eigenvalue weighted by molar-refractivity contribution is 9.10. The Labute approximate surface area is 103 Å². The molecule has 0 aliphatic carbocycles. The minimum absolute atomic E-state index is 0.287. The van der Waals surface area contributed by atoms with Gasteiger partial charge in [-0.05, 0) is 41.9 Å². The van der Waals surface area contributed by atoms with Crippen LogP contribution in [0.2, 0.25) is 0 Å². The van der Waals surface area contributed by atoms with E-state index >= 15 is 0 Å². The molecule has 0 radical (unpaired) electrons. The monoisotopic (exact) mass is 283 g/mol. The molecule has 2 aromatic heterocycles. The van der Waals surface area contributed by atoms with Crippen molar-refractivity contribution in [2.24, 2.45) is 5.73 Å². The SMILES string of the molecule is CCn1nc(C)cc1C(N)c1occc1Br. The fourth-order valence-corrected chi connectivity index (χ4v) is 2.18. The lowest BCUT2D eigenvalue weighted by Gasteiger charge is -2.11. The standard InChI is InChI=1S/C11H14BrN3O/c1-3-15-9(6-7(2)14-15)10(13)11-8(12)4-5-16-11/h4-6,10H,3,13H2,1-2H3.